The van der Waals surface area contributed by atoms with E-state index in [4.69, 9.17) is 11.6 Å². The number of carbonyl (C=O) groups is 2. The molecule has 5 nitrogen and oxygen atoms in total. The second kappa shape index (κ2) is 6.77. The van der Waals surface area contributed by atoms with Crippen LogP contribution in [0, 0.1) is 0 Å². The van der Waals surface area contributed by atoms with Crippen LogP contribution < -0.4 is 10.6 Å². The molecule has 2 heterocycles. The summed E-state index contributed by atoms with van der Waals surface area (Å²) in [5, 5.41) is 6.03. The van der Waals surface area contributed by atoms with E-state index in [1.807, 2.05) is 30.5 Å². The van der Waals surface area contributed by atoms with Crippen molar-refractivity contribution in [1.29, 1.82) is 0 Å². The first kappa shape index (κ1) is 16.5. The number of hydrogen-bond donors (Lipinski definition) is 2. The summed E-state index contributed by atoms with van der Waals surface area (Å²) in [4.78, 5) is 29.3. The van der Waals surface area contributed by atoms with E-state index in [-0.39, 0.29) is 11.8 Å². The van der Waals surface area contributed by atoms with E-state index >= 15 is 0 Å². The Hall–Kier alpha value is -2.92. The number of carbonyl (C=O) groups excluding carboxylic acids is 2. The fourth-order valence-corrected chi connectivity index (χ4v) is 3.26. The molecule has 4 rings (SSSR count). The highest BCUT2D eigenvalue weighted by molar-refractivity contribution is 6.31. The van der Waals surface area contributed by atoms with Gasteiger partial charge < -0.3 is 10.6 Å². The van der Waals surface area contributed by atoms with Crippen LogP contribution in [0.2, 0.25) is 5.02 Å². The molecule has 0 bridgehead atoms. The van der Waals surface area contributed by atoms with Gasteiger partial charge in [0.05, 0.1) is 16.9 Å². The summed E-state index contributed by atoms with van der Waals surface area (Å²) in [7, 11) is 0. The van der Waals surface area contributed by atoms with Crippen LogP contribution in [0.4, 0.5) is 5.69 Å². The molecular weight excluding hydrogens is 350 g/mol. The highest BCUT2D eigenvalue weighted by Gasteiger charge is 2.28. The molecule has 0 spiro atoms. The molecule has 6 heteroatoms. The molecule has 0 radical (unpaired) electrons. The van der Waals surface area contributed by atoms with Crippen molar-refractivity contribution in [3.63, 3.8) is 0 Å². The van der Waals surface area contributed by atoms with Crippen molar-refractivity contribution < 1.29 is 9.59 Å². The average Bonchev–Trinajstić information content (AvgIpc) is 3.14. The third-order valence-electron chi connectivity index (χ3n) is 4.44. The Morgan fingerprint density at radius 1 is 1.12 bits per heavy atom. The quantitative estimate of drug-likeness (QED) is 0.874. The van der Waals surface area contributed by atoms with Gasteiger partial charge in [-0.2, -0.15) is 0 Å². The molecule has 0 saturated heterocycles. The monoisotopic (exact) mass is 365 g/mol. The second-order valence-electron chi connectivity index (χ2n) is 6.24. The lowest BCUT2D eigenvalue weighted by atomic mass is 10.0. The van der Waals surface area contributed by atoms with Crippen LogP contribution in [0.25, 0.3) is 5.70 Å². The largest absolute Gasteiger partial charge is 0.340 e. The number of benzene rings is 2. The second-order valence-corrected chi connectivity index (χ2v) is 6.68. The van der Waals surface area contributed by atoms with Crippen molar-refractivity contribution in [3.8, 4) is 0 Å². The Morgan fingerprint density at radius 2 is 1.92 bits per heavy atom. The van der Waals surface area contributed by atoms with Crippen LogP contribution in [0.1, 0.15) is 27.9 Å². The van der Waals surface area contributed by atoms with Crippen molar-refractivity contribution in [3.05, 3.63) is 70.3 Å². The summed E-state index contributed by atoms with van der Waals surface area (Å²) in [6, 6.07) is 12.1. The number of amides is 2. The van der Waals surface area contributed by atoms with Gasteiger partial charge >= 0.3 is 0 Å². The zero-order valence-electron chi connectivity index (χ0n) is 13.8. The van der Waals surface area contributed by atoms with Crippen LogP contribution in [-0.2, 0) is 11.2 Å². The van der Waals surface area contributed by atoms with Crippen molar-refractivity contribution in [1.82, 2.24) is 5.32 Å². The van der Waals surface area contributed by atoms with E-state index in [9.17, 15) is 9.59 Å². The summed E-state index contributed by atoms with van der Waals surface area (Å²) in [6.07, 6.45) is 5.20. The predicted octanol–water partition coefficient (Wildman–Crippen LogP) is 3.45. The number of halogens is 1. The molecule has 0 aromatic heterocycles. The van der Waals surface area contributed by atoms with Crippen molar-refractivity contribution in [2.24, 2.45) is 4.99 Å². The van der Waals surface area contributed by atoms with Gasteiger partial charge in [-0.3, -0.25) is 14.6 Å². The molecule has 0 saturated carbocycles. The highest BCUT2D eigenvalue weighted by atomic mass is 35.5. The minimum absolute atomic E-state index is 0.244. The fourth-order valence-electron chi connectivity index (χ4n) is 3.09. The number of nitrogens with one attached hydrogen (secondary N) is 2. The van der Waals surface area contributed by atoms with E-state index in [0.29, 0.717) is 22.7 Å². The summed E-state index contributed by atoms with van der Waals surface area (Å²) in [5.74, 6) is -0.556. The first-order valence-corrected chi connectivity index (χ1v) is 8.71. The van der Waals surface area contributed by atoms with Gasteiger partial charge in [0.15, 0.2) is 0 Å². The van der Waals surface area contributed by atoms with E-state index in [0.717, 1.165) is 23.2 Å². The standard InChI is InChI=1S/C20H16ClN3O2/c21-14-7-8-17-15(11-14)19(25)24-18(20(26)23-17)10-12-3-5-13(6-4-12)16-2-1-9-22-16/h2-9,11,18H,1,10H2,(H,23,26)(H,24,25). The lowest BCUT2D eigenvalue weighted by molar-refractivity contribution is -0.117. The van der Waals surface area contributed by atoms with E-state index in [2.05, 4.69) is 21.7 Å². The van der Waals surface area contributed by atoms with Gasteiger partial charge in [-0.25, -0.2) is 0 Å². The molecule has 1 atom stereocenters. The summed E-state index contributed by atoms with van der Waals surface area (Å²) in [6.45, 7) is 0. The predicted molar refractivity (Wildman–Crippen MR) is 103 cm³/mol. The van der Waals surface area contributed by atoms with Gasteiger partial charge in [0, 0.05) is 24.1 Å². The number of fused-ring (bicyclic) bond motifs is 1. The Morgan fingerprint density at radius 3 is 2.65 bits per heavy atom. The van der Waals surface area contributed by atoms with Crippen molar-refractivity contribution in [2.75, 3.05) is 5.32 Å². The minimum Gasteiger partial charge on any atom is -0.340 e. The first-order chi connectivity index (χ1) is 12.6. The van der Waals surface area contributed by atoms with Gasteiger partial charge in [0.1, 0.15) is 6.04 Å². The molecule has 2 aromatic carbocycles. The summed E-state index contributed by atoms with van der Waals surface area (Å²) < 4.78 is 0. The van der Waals surface area contributed by atoms with E-state index < -0.39 is 6.04 Å². The molecule has 130 valence electrons. The maximum Gasteiger partial charge on any atom is 0.254 e. The number of aliphatic imine (C=N–C) groups is 1. The Kier molecular flexibility index (Phi) is 4.31. The molecule has 0 fully saturated rings. The molecule has 2 amide bonds. The van der Waals surface area contributed by atoms with Crippen molar-refractivity contribution >= 4 is 41.0 Å². The lowest BCUT2D eigenvalue weighted by Gasteiger charge is -2.15. The van der Waals surface area contributed by atoms with E-state index in [1.54, 1.807) is 18.2 Å². The number of rotatable bonds is 3. The number of allylic oxidation sites excluding steroid dienone is 1. The van der Waals surface area contributed by atoms with Crippen LogP contribution in [0.3, 0.4) is 0 Å². The third kappa shape index (κ3) is 3.26. The maximum atomic E-state index is 12.5. The number of hydrogen-bond acceptors (Lipinski definition) is 3. The molecule has 26 heavy (non-hydrogen) atoms. The lowest BCUT2D eigenvalue weighted by Crippen LogP contribution is -2.42. The SMILES string of the molecule is O=C1NC(Cc2ccc(C3=CCC=N3)cc2)C(=O)Nc2ccc(Cl)cc21. The third-order valence-corrected chi connectivity index (χ3v) is 4.68. The average molecular weight is 366 g/mol. The van der Waals surface area contributed by atoms with Crippen LogP contribution >= 0.6 is 11.6 Å². The molecule has 2 aliphatic heterocycles. The molecule has 2 N–H and O–H groups in total. The minimum atomic E-state index is -0.650. The Bertz CT molecular complexity index is 948. The Labute approximate surface area is 155 Å². The van der Waals surface area contributed by atoms with E-state index in [1.165, 1.54) is 0 Å². The summed E-state index contributed by atoms with van der Waals surface area (Å²) >= 11 is 5.96. The van der Waals surface area contributed by atoms with Crippen LogP contribution in [-0.4, -0.2) is 24.1 Å². The molecule has 0 aliphatic carbocycles. The van der Waals surface area contributed by atoms with Crippen molar-refractivity contribution in [2.45, 2.75) is 18.9 Å². The number of nitrogens with zero attached hydrogens (tertiary/aromatic N) is 1. The number of anilines is 1. The highest BCUT2D eigenvalue weighted by Crippen LogP contribution is 2.24. The molecule has 2 aliphatic rings. The smallest absolute Gasteiger partial charge is 0.254 e. The van der Waals surface area contributed by atoms with Crippen LogP contribution in [0.15, 0.2) is 53.5 Å². The van der Waals surface area contributed by atoms with Gasteiger partial charge in [-0.1, -0.05) is 41.9 Å². The zero-order valence-corrected chi connectivity index (χ0v) is 14.6. The van der Waals surface area contributed by atoms with Gasteiger partial charge in [-0.05, 0) is 29.3 Å². The normalized spacial score (nSPS) is 18.7. The van der Waals surface area contributed by atoms with Gasteiger partial charge in [0.2, 0.25) is 5.91 Å². The molecular formula is C20H16ClN3O2. The summed E-state index contributed by atoms with van der Waals surface area (Å²) in [5.41, 5.74) is 3.81. The molecule has 2 aromatic rings. The Balaban J connectivity index is 1.52. The molecule has 1 unspecified atom stereocenters. The van der Waals surface area contributed by atoms with Crippen LogP contribution in [0.5, 0.6) is 0 Å². The van der Waals surface area contributed by atoms with Gasteiger partial charge in [-0.15, -0.1) is 0 Å². The topological polar surface area (TPSA) is 70.6 Å². The first-order valence-electron chi connectivity index (χ1n) is 8.33. The fraction of sp³-hybridized carbons (Fsp3) is 0.150. The van der Waals surface area contributed by atoms with Gasteiger partial charge in [0.25, 0.3) is 5.91 Å². The zero-order chi connectivity index (χ0) is 18.1. The maximum absolute atomic E-state index is 12.5.